The van der Waals surface area contributed by atoms with Crippen molar-refractivity contribution in [3.05, 3.63) is 17.5 Å². The number of carbonyl (C=O) groups is 1. The van der Waals surface area contributed by atoms with Crippen LogP contribution < -0.4 is 5.73 Å². The van der Waals surface area contributed by atoms with Crippen molar-refractivity contribution in [2.45, 2.75) is 25.3 Å². The zero-order chi connectivity index (χ0) is 12.2. The Morgan fingerprint density at radius 1 is 1.53 bits per heavy atom. The van der Waals surface area contributed by atoms with Crippen LogP contribution in [0.3, 0.4) is 0 Å². The van der Waals surface area contributed by atoms with Crippen LogP contribution in [0, 0.1) is 12.8 Å². The monoisotopic (exact) mass is 234 g/mol. The van der Waals surface area contributed by atoms with E-state index in [1.807, 2.05) is 17.9 Å². The largest absolute Gasteiger partial charge is 0.333 e. The van der Waals surface area contributed by atoms with Gasteiger partial charge in [-0.2, -0.15) is 5.10 Å². The first-order chi connectivity index (χ1) is 7.99. The van der Waals surface area contributed by atoms with E-state index in [1.54, 1.807) is 11.7 Å². The average Bonchev–Trinajstić information content (AvgIpc) is 3.00. The summed E-state index contributed by atoms with van der Waals surface area (Å²) in [5.74, 6) is 0.689. The molecule has 0 aromatic carbocycles. The molecule has 0 bridgehead atoms. The van der Waals surface area contributed by atoms with Gasteiger partial charge in [0, 0.05) is 20.1 Å². The lowest BCUT2D eigenvalue weighted by Gasteiger charge is -2.48. The molecule has 17 heavy (non-hydrogen) atoms. The van der Waals surface area contributed by atoms with Crippen molar-refractivity contribution in [1.29, 1.82) is 0 Å². The van der Waals surface area contributed by atoms with Gasteiger partial charge in [0.1, 0.15) is 5.69 Å². The van der Waals surface area contributed by atoms with E-state index in [4.69, 9.17) is 5.73 Å². The number of hydrogen-bond acceptors (Lipinski definition) is 3. The first-order valence-electron chi connectivity index (χ1n) is 6.08. The lowest BCUT2D eigenvalue weighted by atomic mass is 9.85. The standard InChI is InChI=1S/C12H18N4O/c1-8-5-10(15(2)14-8)11(17)16-6-12(13,7-16)9-3-4-9/h5,9H,3-4,6-7,13H2,1-2H3. The Labute approximate surface area is 101 Å². The number of amides is 1. The van der Waals surface area contributed by atoms with Gasteiger partial charge < -0.3 is 10.6 Å². The van der Waals surface area contributed by atoms with Crippen LogP contribution in [-0.4, -0.2) is 39.2 Å². The summed E-state index contributed by atoms with van der Waals surface area (Å²) < 4.78 is 1.64. The molecule has 3 rings (SSSR count). The number of rotatable bonds is 2. The van der Waals surface area contributed by atoms with Gasteiger partial charge in [-0.15, -0.1) is 0 Å². The first-order valence-corrected chi connectivity index (χ1v) is 6.08. The summed E-state index contributed by atoms with van der Waals surface area (Å²) in [6, 6.07) is 1.83. The molecule has 2 heterocycles. The molecule has 2 aliphatic rings. The number of likely N-dealkylation sites (tertiary alicyclic amines) is 1. The highest BCUT2D eigenvalue weighted by atomic mass is 16.2. The molecule has 2 N–H and O–H groups in total. The Kier molecular flexibility index (Phi) is 2.10. The van der Waals surface area contributed by atoms with Crippen LogP contribution in [0.2, 0.25) is 0 Å². The van der Waals surface area contributed by atoms with Crippen molar-refractivity contribution in [1.82, 2.24) is 14.7 Å². The smallest absolute Gasteiger partial charge is 0.272 e. The van der Waals surface area contributed by atoms with Gasteiger partial charge in [0.05, 0.1) is 11.2 Å². The van der Waals surface area contributed by atoms with Crippen molar-refractivity contribution in [2.75, 3.05) is 13.1 Å². The van der Waals surface area contributed by atoms with Gasteiger partial charge in [-0.3, -0.25) is 9.48 Å². The maximum absolute atomic E-state index is 12.2. The Morgan fingerprint density at radius 3 is 2.65 bits per heavy atom. The van der Waals surface area contributed by atoms with Crippen molar-refractivity contribution in [3.8, 4) is 0 Å². The molecular formula is C12H18N4O. The lowest BCUT2D eigenvalue weighted by Crippen LogP contribution is -2.70. The molecule has 1 aromatic heterocycles. The van der Waals surface area contributed by atoms with Crippen LogP contribution in [-0.2, 0) is 7.05 Å². The van der Waals surface area contributed by atoms with E-state index in [2.05, 4.69) is 5.10 Å². The third-order valence-corrected chi connectivity index (χ3v) is 3.87. The Morgan fingerprint density at radius 2 is 2.18 bits per heavy atom. The lowest BCUT2D eigenvalue weighted by molar-refractivity contribution is 0.0340. The van der Waals surface area contributed by atoms with Crippen LogP contribution in [0.5, 0.6) is 0 Å². The van der Waals surface area contributed by atoms with Gasteiger partial charge in [-0.05, 0) is 31.7 Å². The highest BCUT2D eigenvalue weighted by molar-refractivity contribution is 5.93. The second-order valence-electron chi connectivity index (χ2n) is 5.46. The van der Waals surface area contributed by atoms with Gasteiger partial charge in [-0.25, -0.2) is 0 Å². The van der Waals surface area contributed by atoms with E-state index >= 15 is 0 Å². The second kappa shape index (κ2) is 3.32. The molecule has 1 aliphatic carbocycles. The molecule has 0 unspecified atom stereocenters. The number of aryl methyl sites for hydroxylation is 2. The minimum atomic E-state index is -0.108. The summed E-state index contributed by atoms with van der Waals surface area (Å²) in [4.78, 5) is 14.0. The molecule has 5 nitrogen and oxygen atoms in total. The van der Waals surface area contributed by atoms with Crippen molar-refractivity contribution < 1.29 is 4.79 Å². The Bertz CT molecular complexity index is 469. The maximum Gasteiger partial charge on any atom is 0.272 e. The number of nitrogens with two attached hydrogens (primary N) is 1. The molecule has 1 aromatic rings. The van der Waals surface area contributed by atoms with Gasteiger partial charge in [-0.1, -0.05) is 0 Å². The van der Waals surface area contributed by atoms with Gasteiger partial charge in [0.15, 0.2) is 0 Å². The Hall–Kier alpha value is -1.36. The zero-order valence-corrected chi connectivity index (χ0v) is 10.3. The average molecular weight is 234 g/mol. The Balaban J connectivity index is 1.71. The van der Waals surface area contributed by atoms with E-state index < -0.39 is 0 Å². The minimum absolute atomic E-state index is 0.0508. The number of hydrogen-bond donors (Lipinski definition) is 1. The summed E-state index contributed by atoms with van der Waals surface area (Å²) in [5, 5.41) is 4.19. The number of carbonyl (C=O) groups excluding carboxylic acids is 1. The van der Waals surface area contributed by atoms with Crippen molar-refractivity contribution in [3.63, 3.8) is 0 Å². The minimum Gasteiger partial charge on any atom is -0.333 e. The number of nitrogens with zero attached hydrogens (tertiary/aromatic N) is 3. The van der Waals surface area contributed by atoms with Crippen molar-refractivity contribution in [2.24, 2.45) is 18.7 Å². The van der Waals surface area contributed by atoms with Gasteiger partial charge >= 0.3 is 0 Å². The molecule has 1 saturated heterocycles. The van der Waals surface area contributed by atoms with Crippen LogP contribution in [0.4, 0.5) is 0 Å². The van der Waals surface area contributed by atoms with Crippen LogP contribution in [0.1, 0.15) is 29.0 Å². The molecule has 5 heteroatoms. The van der Waals surface area contributed by atoms with E-state index in [1.165, 1.54) is 12.8 Å². The van der Waals surface area contributed by atoms with E-state index in [0.29, 0.717) is 24.7 Å². The van der Waals surface area contributed by atoms with Crippen LogP contribution in [0.25, 0.3) is 0 Å². The highest BCUT2D eigenvalue weighted by Crippen LogP contribution is 2.43. The molecule has 1 amide bonds. The van der Waals surface area contributed by atoms with E-state index in [-0.39, 0.29) is 11.4 Å². The first kappa shape index (κ1) is 10.8. The molecule has 1 aliphatic heterocycles. The van der Waals surface area contributed by atoms with Gasteiger partial charge in [0.2, 0.25) is 0 Å². The van der Waals surface area contributed by atoms with Crippen LogP contribution >= 0.6 is 0 Å². The van der Waals surface area contributed by atoms with Gasteiger partial charge in [0.25, 0.3) is 5.91 Å². The topological polar surface area (TPSA) is 64.2 Å². The zero-order valence-electron chi connectivity index (χ0n) is 10.3. The fourth-order valence-electron chi connectivity index (χ4n) is 2.70. The summed E-state index contributed by atoms with van der Waals surface area (Å²) in [6.07, 6.45) is 2.45. The predicted molar refractivity (Wildman–Crippen MR) is 63.5 cm³/mol. The van der Waals surface area contributed by atoms with E-state index in [9.17, 15) is 4.79 Å². The molecule has 0 spiro atoms. The summed E-state index contributed by atoms with van der Waals surface area (Å²) in [5.41, 5.74) is 7.66. The molecule has 0 atom stereocenters. The van der Waals surface area contributed by atoms with Crippen molar-refractivity contribution >= 4 is 5.91 Å². The summed E-state index contributed by atoms with van der Waals surface area (Å²) in [7, 11) is 1.80. The third-order valence-electron chi connectivity index (χ3n) is 3.87. The molecule has 92 valence electrons. The van der Waals surface area contributed by atoms with Crippen LogP contribution in [0.15, 0.2) is 6.07 Å². The fraction of sp³-hybridized carbons (Fsp3) is 0.667. The molecule has 2 fully saturated rings. The summed E-state index contributed by atoms with van der Waals surface area (Å²) >= 11 is 0. The highest BCUT2D eigenvalue weighted by Gasteiger charge is 2.51. The second-order valence-corrected chi connectivity index (χ2v) is 5.46. The normalized spacial score (nSPS) is 22.4. The molecule has 0 radical (unpaired) electrons. The molecular weight excluding hydrogens is 216 g/mol. The third kappa shape index (κ3) is 1.65. The number of aromatic nitrogens is 2. The fourth-order valence-corrected chi connectivity index (χ4v) is 2.70. The quantitative estimate of drug-likeness (QED) is 0.800. The SMILES string of the molecule is Cc1cc(C(=O)N2CC(N)(C3CC3)C2)n(C)n1. The summed E-state index contributed by atoms with van der Waals surface area (Å²) in [6.45, 7) is 3.28. The maximum atomic E-state index is 12.2. The van der Waals surface area contributed by atoms with E-state index in [0.717, 1.165) is 5.69 Å². The predicted octanol–water partition coefficient (Wildman–Crippen LogP) is 0.292. The molecule has 1 saturated carbocycles.